The molecule has 2 atom stereocenters. The van der Waals surface area contributed by atoms with E-state index < -0.39 is 0 Å². The predicted octanol–water partition coefficient (Wildman–Crippen LogP) is 16.5. The van der Waals surface area contributed by atoms with Gasteiger partial charge in [-0.05, 0) is 219 Å². The van der Waals surface area contributed by atoms with Crippen molar-refractivity contribution >= 4 is 89.1 Å². The van der Waals surface area contributed by atoms with Gasteiger partial charge in [-0.3, -0.25) is 5.10 Å². The number of halogens is 3. The predicted molar refractivity (Wildman–Crippen MR) is 462 cm³/mol. The summed E-state index contributed by atoms with van der Waals surface area (Å²) in [4.78, 5) is 19.7. The molecule has 5 aliphatic heterocycles. The Hall–Kier alpha value is -8.69. The molecule has 17 rings (SSSR count). The van der Waals surface area contributed by atoms with Crippen LogP contribution >= 0.6 is 68.5 Å². The molecule has 12 aromatic rings. The van der Waals surface area contributed by atoms with E-state index in [0.717, 1.165) is 150 Å². The molecule has 0 radical (unpaired) electrons. The van der Waals surface area contributed by atoms with Crippen LogP contribution in [0.3, 0.4) is 0 Å². The minimum absolute atomic E-state index is 0.0451. The largest absolute Gasteiger partial charge is 0.496 e. The van der Waals surface area contributed by atoms with Crippen LogP contribution in [-0.4, -0.2) is 198 Å². The molecule has 4 N–H and O–H groups in total. The van der Waals surface area contributed by atoms with E-state index in [9.17, 15) is 4.39 Å². The molecular weight excluding hydrogens is 1560 g/mol. The summed E-state index contributed by atoms with van der Waals surface area (Å²) in [7, 11) is 10.2. The van der Waals surface area contributed by atoms with Crippen molar-refractivity contribution in [3.8, 4) is 76.4 Å². The van der Waals surface area contributed by atoms with Gasteiger partial charge in [-0.15, -0.1) is 40.8 Å². The number of H-pyrrole nitrogens is 1. The van der Waals surface area contributed by atoms with E-state index in [1.807, 2.05) is 89.8 Å². The second-order valence-corrected chi connectivity index (χ2v) is 39.3. The van der Waals surface area contributed by atoms with Crippen LogP contribution in [0, 0.1) is 17.7 Å². The molecule has 0 spiro atoms. The Morgan fingerprint density at radius 1 is 0.474 bits per heavy atom. The molecule has 0 unspecified atom stereocenters. The number of fused-ring (bicyclic) bond motifs is 1. The monoisotopic (exact) mass is 1660 g/mol. The number of imidazole rings is 2. The van der Waals surface area contributed by atoms with Gasteiger partial charge in [-0.25, -0.2) is 19.0 Å². The first kappa shape index (κ1) is 81.9. The topological polar surface area (TPSA) is 247 Å². The normalized spacial score (nSPS) is 19.6. The molecule has 25 nitrogen and oxygen atoms in total. The third-order valence-electron chi connectivity index (χ3n) is 21.8. The van der Waals surface area contributed by atoms with Gasteiger partial charge in [0.05, 0.1) is 46.8 Å². The number of hydrogen-bond donors (Lipinski definition) is 4. The van der Waals surface area contributed by atoms with Crippen LogP contribution in [0.15, 0.2) is 141 Å². The second-order valence-electron chi connectivity index (χ2n) is 34.7. The molecule has 5 fully saturated rings. The van der Waals surface area contributed by atoms with Crippen LogP contribution in [0.2, 0.25) is 10.0 Å². The smallest absolute Gasteiger partial charge is 0.208 e. The van der Waals surface area contributed by atoms with E-state index in [1.165, 1.54) is 30.5 Å². The number of methoxy groups -OCH3 is 1. The zero-order valence-electron chi connectivity index (χ0n) is 67.9. The van der Waals surface area contributed by atoms with Crippen LogP contribution in [0.25, 0.3) is 70.6 Å². The Kier molecular flexibility index (Phi) is 23.8. The number of likely N-dealkylation sites (tertiary alicyclic amines) is 1. The van der Waals surface area contributed by atoms with Crippen LogP contribution in [0.4, 0.5) is 24.9 Å². The Labute approximate surface area is 693 Å². The highest BCUT2D eigenvalue weighted by Gasteiger charge is 2.44. The SMILES string of the molecule is CN(c1nnc(-c2ccc(-n3ccnc3)cc2Cl)s1)C1CC(C)(C)NC(C)(C)C1.CN(c1nnc(-c2ccc(-n3ccnc3)cc2F)s1)C1CC(C)(C)NC(C)(C)C1.CN1C[C@@H]2CN(c3nnc(-c4ccc(-n5cccn5)cc4Cl)s3)C[C@@H]2C1.COc1cc(-c2ccn[nH]2)ccc1-c1nnc(N(C)C2CC(C)(C)NC(C)(C)C2)s1. The Morgan fingerprint density at radius 3 is 1.33 bits per heavy atom. The van der Waals surface area contributed by atoms with Crippen LogP contribution in [0.1, 0.15) is 122 Å². The number of hydrogen-bond acceptors (Lipinski definition) is 25. The van der Waals surface area contributed by atoms with Crippen molar-refractivity contribution in [2.24, 2.45) is 11.8 Å². The standard InChI is InChI=1S/C22H30N6OS.C21H27ClN6S.C21H27FN6S.C18H19ClN6S/c1-21(2)12-15(13-22(3,4)27-21)28(5)20-26-25-19(30-20)16-8-7-14(11-18(16)29-6)17-9-10-23-24-17;2*1-20(2)11-15(12-21(3,4)26-20)27(5)19-25-24-18(29-19)16-7-6-14(10-17(16)22)28-9-8-23-13-28;1-23-8-12-10-24(11-13(12)9-23)18-22-21-17(26-18)15-4-3-14(7-16(15)19)25-6-2-5-20-25/h7-11,15,27H,12-13H2,1-6H3,(H,23,24);2*6-10,13,15,26H,11-12H2,1-5H3;2-7,12-13H,8-11H2,1H3/t;;;12-,13+. The van der Waals surface area contributed by atoms with Crippen molar-refractivity contribution in [3.05, 3.63) is 157 Å². The molecular formula is C82H103Cl2FN24OS4. The molecule has 5 aliphatic rings. The van der Waals surface area contributed by atoms with Gasteiger partial charge in [0.25, 0.3) is 0 Å². The summed E-state index contributed by atoms with van der Waals surface area (Å²) in [5.74, 6) is 1.97. The maximum Gasteiger partial charge on any atom is 0.208 e. The zero-order valence-corrected chi connectivity index (χ0v) is 72.6. The van der Waals surface area contributed by atoms with Gasteiger partial charge in [0.1, 0.15) is 11.6 Å². The maximum atomic E-state index is 14.8. The number of benzene rings is 4. The van der Waals surface area contributed by atoms with Gasteiger partial charge < -0.3 is 54.3 Å². The third kappa shape index (κ3) is 19.2. The summed E-state index contributed by atoms with van der Waals surface area (Å²) in [6.45, 7) is 31.6. The van der Waals surface area contributed by atoms with Crippen molar-refractivity contribution in [2.45, 2.75) is 173 Å². The molecule has 0 amide bonds. The summed E-state index contributed by atoms with van der Waals surface area (Å²) >= 11 is 19.3. The first-order chi connectivity index (χ1) is 54.1. The van der Waals surface area contributed by atoms with Crippen molar-refractivity contribution in [1.29, 1.82) is 0 Å². The molecule has 114 heavy (non-hydrogen) atoms. The minimum atomic E-state index is -0.314. The van der Waals surface area contributed by atoms with E-state index in [2.05, 4.69) is 218 Å². The lowest BCUT2D eigenvalue weighted by Crippen LogP contribution is -2.61. The molecule has 8 aromatic heterocycles. The highest BCUT2D eigenvalue weighted by Crippen LogP contribution is 2.44. The van der Waals surface area contributed by atoms with Gasteiger partial charge in [0, 0.05) is 176 Å². The highest BCUT2D eigenvalue weighted by molar-refractivity contribution is 7.19. The molecule has 0 saturated carbocycles. The van der Waals surface area contributed by atoms with E-state index in [4.69, 9.17) is 27.9 Å². The molecule has 0 bridgehead atoms. The average molecular weight is 1660 g/mol. The van der Waals surface area contributed by atoms with Crippen LogP contribution in [0.5, 0.6) is 5.75 Å². The molecule has 13 heterocycles. The van der Waals surface area contributed by atoms with Crippen molar-refractivity contribution < 1.29 is 9.13 Å². The highest BCUT2D eigenvalue weighted by atomic mass is 35.5. The van der Waals surface area contributed by atoms with Crippen molar-refractivity contribution in [1.82, 2.24) is 101 Å². The lowest BCUT2D eigenvalue weighted by molar-refractivity contribution is 0.160. The lowest BCUT2D eigenvalue weighted by Gasteiger charge is -2.48. The Morgan fingerprint density at radius 2 is 0.904 bits per heavy atom. The summed E-state index contributed by atoms with van der Waals surface area (Å²) in [5, 5.41) is 66.0. The molecule has 0 aliphatic carbocycles. The fourth-order valence-electron chi connectivity index (χ4n) is 17.5. The molecule has 602 valence electrons. The van der Waals surface area contributed by atoms with Crippen molar-refractivity contribution in [3.63, 3.8) is 0 Å². The number of nitrogens with zero attached hydrogens (tertiary/aromatic N) is 20. The summed E-state index contributed by atoms with van der Waals surface area (Å²) in [6, 6.07) is 28.1. The summed E-state index contributed by atoms with van der Waals surface area (Å²) in [6.07, 6.45) is 22.1. The van der Waals surface area contributed by atoms with Crippen LogP contribution in [-0.2, 0) is 0 Å². The minimum Gasteiger partial charge on any atom is -0.496 e. The average Bonchev–Trinajstić information content (AvgIpc) is 1.74. The Bertz CT molecular complexity index is 4980. The zero-order chi connectivity index (χ0) is 80.8. The second kappa shape index (κ2) is 33.1. The number of rotatable bonds is 16. The molecule has 5 saturated heterocycles. The third-order valence-corrected chi connectivity index (χ3v) is 26.6. The maximum absolute atomic E-state index is 14.8. The summed E-state index contributed by atoms with van der Waals surface area (Å²) in [5.41, 5.74) is 8.27. The number of piperidine rings is 3. The van der Waals surface area contributed by atoms with Crippen molar-refractivity contribution in [2.75, 3.05) is 81.1 Å². The van der Waals surface area contributed by atoms with E-state index in [1.54, 1.807) is 100 Å². The quantitative estimate of drug-likeness (QED) is 0.0702. The van der Waals surface area contributed by atoms with E-state index in [-0.39, 0.29) is 39.1 Å². The summed E-state index contributed by atoms with van der Waals surface area (Å²) < 4.78 is 25.9. The van der Waals surface area contributed by atoms with E-state index >= 15 is 0 Å². The fourth-order valence-corrected chi connectivity index (χ4v) is 21.8. The first-order valence-corrected chi connectivity index (χ1v) is 42.5. The number of anilines is 4. The first-order valence-electron chi connectivity index (χ1n) is 38.5. The van der Waals surface area contributed by atoms with Gasteiger partial charge in [0.2, 0.25) is 20.5 Å². The van der Waals surface area contributed by atoms with Gasteiger partial charge in [0.15, 0.2) is 20.0 Å². The number of aromatic amines is 1. The van der Waals surface area contributed by atoms with Crippen LogP contribution < -0.4 is 40.3 Å². The Balaban J connectivity index is 0.000000126. The molecule has 4 aromatic carbocycles. The lowest BCUT2D eigenvalue weighted by atomic mass is 9.79. The van der Waals surface area contributed by atoms with Gasteiger partial charge >= 0.3 is 0 Å². The number of nitrogens with one attached hydrogen (secondary N) is 4. The number of aromatic nitrogens is 16. The fraction of sp³-hybridized carbons (Fsp3) is 0.463. The number of ether oxygens (including phenoxy) is 1. The van der Waals surface area contributed by atoms with Gasteiger partial charge in [-0.2, -0.15) is 10.2 Å². The van der Waals surface area contributed by atoms with Gasteiger partial charge in [-0.1, -0.05) is 74.6 Å². The molecule has 32 heteroatoms. The van der Waals surface area contributed by atoms with E-state index in [0.29, 0.717) is 38.7 Å².